The first-order valence-corrected chi connectivity index (χ1v) is 10.0. The van der Waals surface area contributed by atoms with E-state index >= 15 is 0 Å². The van der Waals surface area contributed by atoms with E-state index in [9.17, 15) is 5.11 Å². The topological polar surface area (TPSA) is 95.4 Å². The van der Waals surface area contributed by atoms with Gasteiger partial charge in [0.25, 0.3) is 0 Å². The monoisotopic (exact) mass is 437 g/mol. The van der Waals surface area contributed by atoms with E-state index in [0.29, 0.717) is 39.3 Å². The van der Waals surface area contributed by atoms with Crippen LogP contribution in [0.15, 0.2) is 46.7 Å². The second-order valence-electron chi connectivity index (χ2n) is 5.53. The van der Waals surface area contributed by atoms with Crippen LogP contribution < -0.4 is 10.2 Å². The van der Waals surface area contributed by atoms with Gasteiger partial charge in [-0.1, -0.05) is 41.0 Å². The number of phenols is 1. The zero-order valence-electron chi connectivity index (χ0n) is 14.8. The molecule has 3 rings (SSSR count). The van der Waals surface area contributed by atoms with Crippen molar-refractivity contribution in [3.8, 4) is 11.5 Å². The number of nitrogens with zero attached hydrogens (tertiary/aromatic N) is 3. The van der Waals surface area contributed by atoms with Crippen LogP contribution in [-0.4, -0.2) is 33.1 Å². The third kappa shape index (κ3) is 5.54. The van der Waals surface area contributed by atoms with Crippen molar-refractivity contribution in [3.63, 3.8) is 0 Å². The number of hydrogen-bond acceptors (Lipinski definition) is 7. The molecule has 3 N–H and O–H groups in total. The number of ether oxygens (including phenoxy) is 1. The lowest BCUT2D eigenvalue weighted by molar-refractivity contribution is 0.318. The average Bonchev–Trinajstić information content (AvgIpc) is 3.13. The molecule has 0 fully saturated rings. The van der Waals surface area contributed by atoms with E-state index in [1.165, 1.54) is 11.8 Å². The van der Waals surface area contributed by atoms with Crippen LogP contribution >= 0.6 is 35.0 Å². The van der Waals surface area contributed by atoms with Gasteiger partial charge in [-0.2, -0.15) is 10.1 Å². The van der Waals surface area contributed by atoms with Gasteiger partial charge in [-0.05, 0) is 48.4 Å². The first-order valence-electron chi connectivity index (χ1n) is 8.29. The van der Waals surface area contributed by atoms with E-state index < -0.39 is 0 Å². The first-order chi connectivity index (χ1) is 13.5. The van der Waals surface area contributed by atoms with Crippen molar-refractivity contribution in [3.05, 3.63) is 57.6 Å². The standard InChI is InChI=1S/C18H17Cl2N5O2S/c1-2-27-16-8-11(4-6-15(16)26)9-21-23-17-22-18(25-24-17)28-10-12-3-5-13(19)14(20)7-12/h3-9,26H,2,10H2,1H3,(H2,22,23,24,25). The SMILES string of the molecule is CCOc1cc(C=NNc2nc(SCc3ccc(Cl)c(Cl)c3)n[nH]2)ccc1O. The molecule has 2 aromatic carbocycles. The third-order valence-corrected chi connectivity index (χ3v) is 5.14. The lowest BCUT2D eigenvalue weighted by Crippen LogP contribution is -1.95. The molecular formula is C18H17Cl2N5O2S. The molecule has 0 unspecified atom stereocenters. The number of aromatic nitrogens is 3. The molecule has 0 aliphatic heterocycles. The van der Waals surface area contributed by atoms with Crippen molar-refractivity contribution in [2.45, 2.75) is 17.8 Å². The number of rotatable bonds is 8. The molecule has 7 nitrogen and oxygen atoms in total. The summed E-state index contributed by atoms with van der Waals surface area (Å²) in [5.74, 6) is 1.57. The van der Waals surface area contributed by atoms with Gasteiger partial charge in [0.1, 0.15) is 0 Å². The summed E-state index contributed by atoms with van der Waals surface area (Å²) in [7, 11) is 0. The highest BCUT2D eigenvalue weighted by Crippen LogP contribution is 2.27. The summed E-state index contributed by atoms with van der Waals surface area (Å²) in [6, 6.07) is 10.5. The summed E-state index contributed by atoms with van der Waals surface area (Å²) in [4.78, 5) is 4.31. The zero-order valence-corrected chi connectivity index (χ0v) is 17.1. The maximum absolute atomic E-state index is 9.71. The highest BCUT2D eigenvalue weighted by Gasteiger charge is 2.06. The Labute approximate surface area is 176 Å². The van der Waals surface area contributed by atoms with Gasteiger partial charge in [-0.25, -0.2) is 10.5 Å². The molecule has 0 saturated heterocycles. The minimum Gasteiger partial charge on any atom is -0.504 e. The van der Waals surface area contributed by atoms with Crippen LogP contribution in [0.25, 0.3) is 0 Å². The Hall–Kier alpha value is -2.42. The number of benzene rings is 2. The van der Waals surface area contributed by atoms with Crippen molar-refractivity contribution >= 4 is 47.1 Å². The highest BCUT2D eigenvalue weighted by atomic mass is 35.5. The second-order valence-corrected chi connectivity index (χ2v) is 7.29. The fourth-order valence-corrected chi connectivity index (χ4v) is 3.25. The van der Waals surface area contributed by atoms with E-state index in [4.69, 9.17) is 27.9 Å². The molecule has 10 heteroatoms. The van der Waals surface area contributed by atoms with E-state index in [1.54, 1.807) is 30.5 Å². The van der Waals surface area contributed by atoms with E-state index in [2.05, 4.69) is 25.7 Å². The molecule has 0 radical (unpaired) electrons. The van der Waals surface area contributed by atoms with Gasteiger partial charge in [-0.15, -0.1) is 5.10 Å². The van der Waals surface area contributed by atoms with Gasteiger partial charge < -0.3 is 9.84 Å². The third-order valence-electron chi connectivity index (χ3n) is 3.48. The smallest absolute Gasteiger partial charge is 0.240 e. The molecule has 0 atom stereocenters. The second kappa shape index (κ2) is 9.68. The molecule has 28 heavy (non-hydrogen) atoms. The molecule has 0 amide bonds. The maximum Gasteiger partial charge on any atom is 0.240 e. The van der Waals surface area contributed by atoms with Crippen molar-refractivity contribution in [2.75, 3.05) is 12.0 Å². The molecule has 0 aliphatic rings. The number of thioether (sulfide) groups is 1. The number of aromatic amines is 1. The van der Waals surface area contributed by atoms with Crippen LogP contribution in [-0.2, 0) is 5.75 Å². The molecule has 3 aromatic rings. The van der Waals surface area contributed by atoms with Crippen LogP contribution in [0.5, 0.6) is 11.5 Å². The number of anilines is 1. The van der Waals surface area contributed by atoms with Crippen LogP contribution in [0.4, 0.5) is 5.95 Å². The molecular weight excluding hydrogens is 421 g/mol. The summed E-state index contributed by atoms with van der Waals surface area (Å²) in [5.41, 5.74) is 4.57. The molecule has 0 spiro atoms. The van der Waals surface area contributed by atoms with Gasteiger partial charge in [0.15, 0.2) is 11.5 Å². The Morgan fingerprint density at radius 1 is 1.25 bits per heavy atom. The zero-order chi connectivity index (χ0) is 19.9. The Balaban J connectivity index is 1.55. The fraction of sp³-hybridized carbons (Fsp3) is 0.167. The number of phenolic OH excluding ortho intramolecular Hbond substituents is 1. The predicted octanol–water partition coefficient (Wildman–Crippen LogP) is 4.95. The summed E-state index contributed by atoms with van der Waals surface area (Å²) < 4.78 is 5.34. The largest absolute Gasteiger partial charge is 0.504 e. The molecule has 146 valence electrons. The van der Waals surface area contributed by atoms with E-state index in [1.807, 2.05) is 19.1 Å². The summed E-state index contributed by atoms with van der Waals surface area (Å²) >= 11 is 13.4. The molecule has 1 heterocycles. The van der Waals surface area contributed by atoms with Crippen LogP contribution in [0.1, 0.15) is 18.1 Å². The fourth-order valence-electron chi connectivity index (χ4n) is 2.19. The van der Waals surface area contributed by atoms with Crippen LogP contribution in [0.2, 0.25) is 10.0 Å². The number of nitrogens with one attached hydrogen (secondary N) is 2. The highest BCUT2D eigenvalue weighted by molar-refractivity contribution is 7.98. The normalized spacial score (nSPS) is 11.1. The lowest BCUT2D eigenvalue weighted by atomic mass is 10.2. The van der Waals surface area contributed by atoms with Gasteiger partial charge >= 0.3 is 0 Å². The van der Waals surface area contributed by atoms with Crippen molar-refractivity contribution in [1.82, 2.24) is 15.2 Å². The van der Waals surface area contributed by atoms with Crippen molar-refractivity contribution < 1.29 is 9.84 Å². The van der Waals surface area contributed by atoms with E-state index in [-0.39, 0.29) is 5.75 Å². The Morgan fingerprint density at radius 3 is 2.89 bits per heavy atom. The number of hydrogen-bond donors (Lipinski definition) is 3. The Kier molecular flexibility index (Phi) is 7.02. The number of hydrazone groups is 1. The van der Waals surface area contributed by atoms with Gasteiger partial charge in [0.2, 0.25) is 11.1 Å². The maximum atomic E-state index is 9.71. The molecule has 0 aliphatic carbocycles. The van der Waals surface area contributed by atoms with E-state index in [0.717, 1.165) is 11.1 Å². The quantitative estimate of drug-likeness (QED) is 0.262. The minimum absolute atomic E-state index is 0.0887. The first kappa shape index (κ1) is 20.3. The number of H-pyrrole nitrogens is 1. The Morgan fingerprint density at radius 2 is 2.11 bits per heavy atom. The average molecular weight is 438 g/mol. The van der Waals surface area contributed by atoms with Crippen LogP contribution in [0.3, 0.4) is 0 Å². The molecule has 1 aromatic heterocycles. The van der Waals surface area contributed by atoms with Gasteiger partial charge in [-0.3, -0.25) is 0 Å². The predicted molar refractivity (Wildman–Crippen MR) is 113 cm³/mol. The summed E-state index contributed by atoms with van der Waals surface area (Å²) in [6.45, 7) is 2.32. The number of aromatic hydroxyl groups is 1. The summed E-state index contributed by atoms with van der Waals surface area (Å²) in [6.07, 6.45) is 1.59. The Bertz CT molecular complexity index is 980. The van der Waals surface area contributed by atoms with Gasteiger partial charge in [0, 0.05) is 5.75 Å². The van der Waals surface area contributed by atoms with Crippen molar-refractivity contribution in [1.29, 1.82) is 0 Å². The lowest BCUT2D eigenvalue weighted by Gasteiger charge is -2.05. The number of halogens is 2. The van der Waals surface area contributed by atoms with Gasteiger partial charge in [0.05, 0.1) is 22.9 Å². The molecule has 0 bridgehead atoms. The van der Waals surface area contributed by atoms with Crippen LogP contribution in [0, 0.1) is 0 Å². The van der Waals surface area contributed by atoms with Crippen molar-refractivity contribution in [2.24, 2.45) is 5.10 Å². The summed E-state index contributed by atoms with van der Waals surface area (Å²) in [5, 5.41) is 22.3. The molecule has 0 saturated carbocycles. The minimum atomic E-state index is 0.0887.